The lowest BCUT2D eigenvalue weighted by atomic mass is 9.97. The number of nitrogens with one attached hydrogen (secondary N) is 1. The zero-order valence-electron chi connectivity index (χ0n) is 13.9. The molecule has 1 fully saturated rings. The zero-order valence-corrected chi connectivity index (χ0v) is 14.8. The number of likely N-dealkylation sites (tertiary alicyclic amines) is 1. The fourth-order valence-electron chi connectivity index (χ4n) is 2.92. The number of piperidine rings is 1. The highest BCUT2D eigenvalue weighted by Crippen LogP contribution is 2.25. The van der Waals surface area contributed by atoms with E-state index in [4.69, 9.17) is 4.74 Å². The van der Waals surface area contributed by atoms with Crippen LogP contribution in [-0.4, -0.2) is 37.7 Å². The van der Waals surface area contributed by atoms with Gasteiger partial charge >= 0.3 is 0 Å². The Hall–Kier alpha value is -0.420. The van der Waals surface area contributed by atoms with Crippen LogP contribution in [0.25, 0.3) is 0 Å². The predicted molar refractivity (Wildman–Crippen MR) is 90.9 cm³/mol. The molecule has 3 nitrogen and oxygen atoms in total. The van der Waals surface area contributed by atoms with Gasteiger partial charge in [-0.25, -0.2) is 0 Å². The molecule has 0 unspecified atom stereocenters. The summed E-state index contributed by atoms with van der Waals surface area (Å²) in [5.41, 5.74) is 1.52. The Labute approximate surface area is 133 Å². The average Bonchev–Trinajstić information content (AvgIpc) is 2.80. The van der Waals surface area contributed by atoms with Gasteiger partial charge in [-0.15, -0.1) is 11.3 Å². The number of hydrogen-bond donors (Lipinski definition) is 1. The van der Waals surface area contributed by atoms with Crippen LogP contribution in [0.15, 0.2) is 6.07 Å². The fraction of sp³-hybridized carbons (Fsp3) is 0.765. The zero-order chi connectivity index (χ0) is 15.2. The van der Waals surface area contributed by atoms with Gasteiger partial charge in [0.05, 0.1) is 0 Å². The van der Waals surface area contributed by atoms with E-state index in [2.05, 4.69) is 37.1 Å². The first kappa shape index (κ1) is 16.9. The maximum atomic E-state index is 5.28. The van der Waals surface area contributed by atoms with Gasteiger partial charge in [-0.1, -0.05) is 13.8 Å². The molecular weight excluding hydrogens is 280 g/mol. The first-order valence-corrected chi connectivity index (χ1v) is 8.93. The van der Waals surface area contributed by atoms with Crippen molar-refractivity contribution in [2.75, 3.05) is 26.8 Å². The molecule has 120 valence electrons. The van der Waals surface area contributed by atoms with Crippen molar-refractivity contribution in [1.29, 1.82) is 0 Å². The summed E-state index contributed by atoms with van der Waals surface area (Å²) in [6.07, 6.45) is 2.55. The number of thiophene rings is 1. The number of nitrogens with zero attached hydrogens (tertiary/aromatic N) is 1. The summed E-state index contributed by atoms with van der Waals surface area (Å²) in [6.45, 7) is 12.1. The van der Waals surface area contributed by atoms with E-state index >= 15 is 0 Å². The second kappa shape index (κ2) is 8.28. The van der Waals surface area contributed by atoms with Crippen molar-refractivity contribution in [2.45, 2.75) is 52.7 Å². The largest absolute Gasteiger partial charge is 0.384 e. The van der Waals surface area contributed by atoms with E-state index in [1.165, 1.54) is 41.2 Å². The summed E-state index contributed by atoms with van der Waals surface area (Å²) < 4.78 is 5.28. The Morgan fingerprint density at radius 2 is 2.10 bits per heavy atom. The quantitative estimate of drug-likeness (QED) is 0.835. The maximum Gasteiger partial charge on any atom is 0.0491 e. The van der Waals surface area contributed by atoms with Gasteiger partial charge in [-0.05, 0) is 50.4 Å². The molecule has 0 aliphatic carbocycles. The fourth-order valence-corrected chi connectivity index (χ4v) is 3.93. The molecule has 0 spiro atoms. The molecule has 1 saturated heterocycles. The second-order valence-corrected chi connectivity index (χ2v) is 7.85. The Bertz CT molecular complexity index is 422. The third kappa shape index (κ3) is 5.37. The Balaban J connectivity index is 1.83. The molecule has 2 rings (SSSR count). The summed E-state index contributed by atoms with van der Waals surface area (Å²) >= 11 is 1.94. The van der Waals surface area contributed by atoms with Crippen LogP contribution < -0.4 is 5.32 Å². The van der Waals surface area contributed by atoms with Crippen LogP contribution in [0.3, 0.4) is 0 Å². The molecule has 0 radical (unpaired) electrons. The molecule has 0 bridgehead atoms. The molecule has 0 saturated carbocycles. The highest BCUT2D eigenvalue weighted by Gasteiger charge is 2.20. The van der Waals surface area contributed by atoms with E-state index in [9.17, 15) is 0 Å². The van der Waals surface area contributed by atoms with E-state index < -0.39 is 0 Å². The molecule has 4 heteroatoms. The number of rotatable bonds is 7. The Kier molecular flexibility index (Phi) is 6.68. The summed E-state index contributed by atoms with van der Waals surface area (Å²) in [6, 6.07) is 2.95. The van der Waals surface area contributed by atoms with Crippen LogP contribution in [0.4, 0.5) is 0 Å². The van der Waals surface area contributed by atoms with Gasteiger partial charge < -0.3 is 10.1 Å². The third-order valence-electron chi connectivity index (χ3n) is 4.26. The lowest BCUT2D eigenvalue weighted by Crippen LogP contribution is -2.34. The average molecular weight is 311 g/mol. The highest BCUT2D eigenvalue weighted by atomic mass is 32.1. The standard InChI is InChI=1S/C17H30N2OS/c1-13(2)18-10-17-9-16(14(3)21-17)11-19-7-5-15(6-8-19)12-20-4/h9,13,15,18H,5-8,10-12H2,1-4H3. The Morgan fingerprint density at radius 3 is 2.71 bits per heavy atom. The van der Waals surface area contributed by atoms with Crippen molar-refractivity contribution in [3.8, 4) is 0 Å². The van der Waals surface area contributed by atoms with Crippen molar-refractivity contribution in [3.63, 3.8) is 0 Å². The van der Waals surface area contributed by atoms with Crippen LogP contribution in [0.1, 0.15) is 42.0 Å². The summed E-state index contributed by atoms with van der Waals surface area (Å²) in [5, 5.41) is 3.51. The molecule has 1 aliphatic heterocycles. The molecule has 2 heterocycles. The topological polar surface area (TPSA) is 24.5 Å². The Morgan fingerprint density at radius 1 is 1.38 bits per heavy atom. The summed E-state index contributed by atoms with van der Waals surface area (Å²) in [5.74, 6) is 0.764. The normalized spacial score (nSPS) is 17.8. The molecule has 1 aliphatic rings. The van der Waals surface area contributed by atoms with E-state index in [1.807, 2.05) is 18.4 Å². The van der Waals surface area contributed by atoms with Crippen molar-refractivity contribution in [1.82, 2.24) is 10.2 Å². The predicted octanol–water partition coefficient (Wildman–Crippen LogP) is 3.41. The van der Waals surface area contributed by atoms with Crippen LogP contribution in [0, 0.1) is 12.8 Å². The van der Waals surface area contributed by atoms with Gasteiger partial charge in [-0.2, -0.15) is 0 Å². The lowest BCUT2D eigenvalue weighted by Gasteiger charge is -2.31. The number of ether oxygens (including phenoxy) is 1. The first-order valence-electron chi connectivity index (χ1n) is 8.11. The first-order chi connectivity index (χ1) is 10.1. The van der Waals surface area contributed by atoms with E-state index in [-0.39, 0.29) is 0 Å². The van der Waals surface area contributed by atoms with E-state index in [0.717, 1.165) is 25.6 Å². The molecule has 1 N–H and O–H groups in total. The van der Waals surface area contributed by atoms with Gasteiger partial charge in [0.1, 0.15) is 0 Å². The molecule has 0 atom stereocenters. The molecule has 1 aromatic heterocycles. The van der Waals surface area contributed by atoms with Crippen molar-refractivity contribution in [2.24, 2.45) is 5.92 Å². The molecule has 0 amide bonds. The van der Waals surface area contributed by atoms with Crippen molar-refractivity contribution < 1.29 is 4.74 Å². The number of methoxy groups -OCH3 is 1. The minimum Gasteiger partial charge on any atom is -0.384 e. The van der Waals surface area contributed by atoms with Crippen LogP contribution in [-0.2, 0) is 17.8 Å². The smallest absolute Gasteiger partial charge is 0.0491 e. The minimum absolute atomic E-state index is 0.552. The SMILES string of the molecule is COCC1CCN(Cc2cc(CNC(C)C)sc2C)CC1. The van der Waals surface area contributed by atoms with Gasteiger partial charge in [0, 0.05) is 42.6 Å². The van der Waals surface area contributed by atoms with Crippen LogP contribution in [0.5, 0.6) is 0 Å². The van der Waals surface area contributed by atoms with Crippen LogP contribution in [0.2, 0.25) is 0 Å². The molecule has 0 aromatic carbocycles. The number of aryl methyl sites for hydroxylation is 1. The van der Waals surface area contributed by atoms with Crippen molar-refractivity contribution in [3.05, 3.63) is 21.4 Å². The maximum absolute atomic E-state index is 5.28. The minimum atomic E-state index is 0.552. The van der Waals surface area contributed by atoms with Gasteiger partial charge in [0.25, 0.3) is 0 Å². The lowest BCUT2D eigenvalue weighted by molar-refractivity contribution is 0.0968. The van der Waals surface area contributed by atoms with Crippen molar-refractivity contribution >= 4 is 11.3 Å². The monoisotopic (exact) mass is 310 g/mol. The molecule has 1 aromatic rings. The molecular formula is C17H30N2OS. The number of hydrogen-bond acceptors (Lipinski definition) is 4. The van der Waals surface area contributed by atoms with Gasteiger partial charge in [-0.3, -0.25) is 4.90 Å². The van der Waals surface area contributed by atoms with Gasteiger partial charge in [0.2, 0.25) is 0 Å². The van der Waals surface area contributed by atoms with E-state index in [0.29, 0.717) is 6.04 Å². The van der Waals surface area contributed by atoms with Gasteiger partial charge in [0.15, 0.2) is 0 Å². The molecule has 21 heavy (non-hydrogen) atoms. The summed E-state index contributed by atoms with van der Waals surface area (Å²) in [4.78, 5) is 5.54. The summed E-state index contributed by atoms with van der Waals surface area (Å²) in [7, 11) is 1.81. The van der Waals surface area contributed by atoms with E-state index in [1.54, 1.807) is 0 Å². The second-order valence-electron chi connectivity index (χ2n) is 6.50. The van der Waals surface area contributed by atoms with Crippen LogP contribution >= 0.6 is 11.3 Å². The highest BCUT2D eigenvalue weighted by molar-refractivity contribution is 7.12. The third-order valence-corrected chi connectivity index (χ3v) is 5.35.